The second kappa shape index (κ2) is 6.34. The van der Waals surface area contributed by atoms with Crippen LogP contribution in [0.4, 0.5) is 0 Å². The minimum Gasteiger partial charge on any atom is -0.393 e. The van der Waals surface area contributed by atoms with Gasteiger partial charge in [-0.25, -0.2) is 4.98 Å². The lowest BCUT2D eigenvalue weighted by molar-refractivity contribution is -0.127. The smallest absolute Gasteiger partial charge is 0.233 e. The maximum atomic E-state index is 12.2. The summed E-state index contributed by atoms with van der Waals surface area (Å²) in [4.78, 5) is 18.6. The summed E-state index contributed by atoms with van der Waals surface area (Å²) >= 11 is 3.13. The Balaban J connectivity index is 1.56. The molecule has 1 aliphatic rings. The van der Waals surface area contributed by atoms with E-state index in [4.69, 9.17) is 0 Å². The van der Waals surface area contributed by atoms with Gasteiger partial charge >= 0.3 is 0 Å². The first-order valence-electron chi connectivity index (χ1n) is 7.07. The molecule has 0 saturated carbocycles. The van der Waals surface area contributed by atoms with E-state index in [2.05, 4.69) is 4.98 Å². The first-order valence-corrected chi connectivity index (χ1v) is 8.88. The van der Waals surface area contributed by atoms with Crippen molar-refractivity contribution in [2.75, 3.05) is 18.8 Å². The van der Waals surface area contributed by atoms with Crippen molar-refractivity contribution < 1.29 is 9.90 Å². The molecule has 2 unspecified atom stereocenters. The molecule has 0 aliphatic carbocycles. The molecule has 1 fully saturated rings. The number of rotatable bonds is 4. The number of benzene rings is 1. The Labute approximate surface area is 132 Å². The van der Waals surface area contributed by atoms with Gasteiger partial charge in [0, 0.05) is 19.0 Å². The van der Waals surface area contributed by atoms with Gasteiger partial charge in [-0.05, 0) is 25.5 Å². The minimum atomic E-state index is -0.334. The van der Waals surface area contributed by atoms with Gasteiger partial charge in [0.2, 0.25) is 5.91 Å². The molecule has 1 aromatic carbocycles. The third kappa shape index (κ3) is 3.39. The summed E-state index contributed by atoms with van der Waals surface area (Å²) in [6.45, 7) is 3.24. The molecule has 3 rings (SSSR count). The molecule has 2 atom stereocenters. The Morgan fingerprint density at radius 2 is 2.38 bits per heavy atom. The van der Waals surface area contributed by atoms with Crippen LogP contribution in [0, 0.1) is 5.92 Å². The van der Waals surface area contributed by atoms with E-state index >= 15 is 0 Å². The summed E-state index contributed by atoms with van der Waals surface area (Å²) in [5.74, 6) is 0.788. The van der Waals surface area contributed by atoms with Gasteiger partial charge < -0.3 is 10.0 Å². The number of thioether (sulfide) groups is 1. The van der Waals surface area contributed by atoms with E-state index in [0.29, 0.717) is 12.3 Å². The SMILES string of the molecule is CC(O)C1CCN(C(=O)CSc2nc3ccccc3s2)C1. The van der Waals surface area contributed by atoms with Crippen molar-refractivity contribution in [3.05, 3.63) is 24.3 Å². The number of aromatic nitrogens is 1. The summed E-state index contributed by atoms with van der Waals surface area (Å²) in [6, 6.07) is 8.01. The number of amides is 1. The predicted molar refractivity (Wildman–Crippen MR) is 86.7 cm³/mol. The molecular weight excluding hydrogens is 304 g/mol. The number of carbonyl (C=O) groups is 1. The average Bonchev–Trinajstić information content (AvgIpc) is 3.11. The van der Waals surface area contributed by atoms with Crippen LogP contribution in [0.15, 0.2) is 28.6 Å². The van der Waals surface area contributed by atoms with Gasteiger partial charge in [-0.2, -0.15) is 0 Å². The van der Waals surface area contributed by atoms with Crippen LogP contribution in [-0.2, 0) is 4.79 Å². The number of nitrogens with zero attached hydrogens (tertiary/aromatic N) is 2. The molecule has 1 saturated heterocycles. The Hall–Kier alpha value is -1.11. The number of likely N-dealkylation sites (tertiary alicyclic amines) is 1. The van der Waals surface area contributed by atoms with E-state index in [-0.39, 0.29) is 17.9 Å². The topological polar surface area (TPSA) is 53.4 Å². The van der Waals surface area contributed by atoms with Gasteiger partial charge in [0.1, 0.15) is 0 Å². The molecule has 2 aromatic rings. The lowest BCUT2D eigenvalue weighted by Gasteiger charge is -2.17. The van der Waals surface area contributed by atoms with E-state index in [1.54, 1.807) is 18.3 Å². The number of aliphatic hydroxyl groups is 1. The maximum absolute atomic E-state index is 12.2. The molecule has 1 N–H and O–H groups in total. The lowest BCUT2D eigenvalue weighted by Crippen LogP contribution is -2.31. The Morgan fingerprint density at radius 1 is 1.57 bits per heavy atom. The van der Waals surface area contributed by atoms with E-state index in [0.717, 1.165) is 27.5 Å². The second-order valence-corrected chi connectivity index (χ2v) is 7.62. The fourth-order valence-electron chi connectivity index (χ4n) is 2.54. The van der Waals surface area contributed by atoms with Crippen LogP contribution in [0.25, 0.3) is 10.2 Å². The number of para-hydroxylation sites is 1. The van der Waals surface area contributed by atoms with Crippen LogP contribution in [0.2, 0.25) is 0 Å². The zero-order valence-electron chi connectivity index (χ0n) is 11.9. The molecule has 0 radical (unpaired) electrons. The predicted octanol–water partition coefficient (Wildman–Crippen LogP) is 2.62. The Bertz CT molecular complexity index is 608. The van der Waals surface area contributed by atoms with E-state index < -0.39 is 0 Å². The first kappa shape index (κ1) is 14.8. The molecule has 6 heteroatoms. The van der Waals surface area contributed by atoms with Crippen molar-refractivity contribution in [1.82, 2.24) is 9.88 Å². The molecule has 1 aromatic heterocycles. The van der Waals surface area contributed by atoms with Gasteiger partial charge in [0.15, 0.2) is 4.34 Å². The van der Waals surface area contributed by atoms with Gasteiger partial charge in [-0.15, -0.1) is 11.3 Å². The average molecular weight is 322 g/mol. The third-order valence-electron chi connectivity index (χ3n) is 3.85. The summed E-state index contributed by atoms with van der Waals surface area (Å²) in [5, 5.41) is 9.59. The highest BCUT2D eigenvalue weighted by Crippen LogP contribution is 2.30. The van der Waals surface area contributed by atoms with E-state index in [1.807, 2.05) is 29.2 Å². The number of fused-ring (bicyclic) bond motifs is 1. The highest BCUT2D eigenvalue weighted by atomic mass is 32.2. The normalized spacial score (nSPS) is 20.1. The highest BCUT2D eigenvalue weighted by Gasteiger charge is 2.28. The third-order valence-corrected chi connectivity index (χ3v) is 6.02. The number of hydrogen-bond acceptors (Lipinski definition) is 5. The second-order valence-electron chi connectivity index (χ2n) is 5.37. The highest BCUT2D eigenvalue weighted by molar-refractivity contribution is 8.01. The quantitative estimate of drug-likeness (QED) is 0.879. The molecule has 0 spiro atoms. The summed E-state index contributed by atoms with van der Waals surface area (Å²) in [7, 11) is 0. The van der Waals surface area contributed by atoms with Crippen LogP contribution < -0.4 is 0 Å². The fraction of sp³-hybridized carbons (Fsp3) is 0.467. The number of hydrogen-bond donors (Lipinski definition) is 1. The lowest BCUT2D eigenvalue weighted by atomic mass is 10.0. The fourth-order valence-corrected chi connectivity index (χ4v) is 4.51. The maximum Gasteiger partial charge on any atom is 0.233 e. The van der Waals surface area contributed by atoms with Gasteiger partial charge in [-0.1, -0.05) is 23.9 Å². The first-order chi connectivity index (χ1) is 10.1. The minimum absolute atomic E-state index is 0.141. The van der Waals surface area contributed by atoms with Crippen LogP contribution in [0.3, 0.4) is 0 Å². The molecule has 0 bridgehead atoms. The van der Waals surface area contributed by atoms with Gasteiger partial charge in [0.25, 0.3) is 0 Å². The number of aliphatic hydroxyl groups excluding tert-OH is 1. The zero-order chi connectivity index (χ0) is 14.8. The van der Waals surface area contributed by atoms with E-state index in [9.17, 15) is 9.90 Å². The van der Waals surface area contributed by atoms with Crippen molar-refractivity contribution in [2.24, 2.45) is 5.92 Å². The molecule has 112 valence electrons. The summed E-state index contributed by atoms with van der Waals surface area (Å²) in [5.41, 5.74) is 0.993. The van der Waals surface area contributed by atoms with Crippen LogP contribution >= 0.6 is 23.1 Å². The van der Waals surface area contributed by atoms with E-state index in [1.165, 1.54) is 11.8 Å². The van der Waals surface area contributed by atoms with Crippen LogP contribution in [0.5, 0.6) is 0 Å². The van der Waals surface area contributed by atoms with Crippen LogP contribution in [-0.4, -0.2) is 45.8 Å². The number of carbonyl (C=O) groups excluding carboxylic acids is 1. The molecule has 1 aliphatic heterocycles. The molecule has 1 amide bonds. The van der Waals surface area contributed by atoms with Crippen LogP contribution in [0.1, 0.15) is 13.3 Å². The standard InChI is InChI=1S/C15H18N2O2S2/c1-10(18)11-6-7-17(8-11)14(19)9-20-15-16-12-4-2-3-5-13(12)21-15/h2-5,10-11,18H,6-9H2,1H3. The van der Waals surface area contributed by atoms with Crippen molar-refractivity contribution in [1.29, 1.82) is 0 Å². The van der Waals surface area contributed by atoms with Gasteiger partial charge in [-0.3, -0.25) is 4.79 Å². The van der Waals surface area contributed by atoms with Gasteiger partial charge in [0.05, 0.1) is 22.1 Å². The van der Waals surface area contributed by atoms with Crippen molar-refractivity contribution >= 4 is 39.2 Å². The monoisotopic (exact) mass is 322 g/mol. The molecule has 4 nitrogen and oxygen atoms in total. The molecule has 21 heavy (non-hydrogen) atoms. The Kier molecular flexibility index (Phi) is 4.47. The van der Waals surface area contributed by atoms with Crippen molar-refractivity contribution in [3.63, 3.8) is 0 Å². The number of thiazole rings is 1. The van der Waals surface area contributed by atoms with Crippen molar-refractivity contribution in [3.8, 4) is 0 Å². The summed E-state index contributed by atoms with van der Waals surface area (Å²) in [6.07, 6.45) is 0.564. The Morgan fingerprint density at radius 3 is 3.10 bits per heavy atom. The largest absolute Gasteiger partial charge is 0.393 e. The zero-order valence-corrected chi connectivity index (χ0v) is 13.5. The van der Waals surface area contributed by atoms with Crippen molar-refractivity contribution in [2.45, 2.75) is 23.8 Å². The molecular formula is C15H18N2O2S2. The molecule has 2 heterocycles. The summed E-state index contributed by atoms with van der Waals surface area (Å²) < 4.78 is 2.10.